The Morgan fingerprint density at radius 1 is 1.47 bits per heavy atom. The van der Waals surface area contributed by atoms with Crippen molar-refractivity contribution in [1.29, 1.82) is 0 Å². The van der Waals surface area contributed by atoms with E-state index < -0.39 is 12.1 Å². The third-order valence-corrected chi connectivity index (χ3v) is 2.82. The molecule has 2 rings (SSSR count). The Hall–Kier alpha value is -1.75. The van der Waals surface area contributed by atoms with E-state index in [0.29, 0.717) is 17.9 Å². The molecule has 92 valence electrons. The van der Waals surface area contributed by atoms with Gasteiger partial charge in [-0.25, -0.2) is 4.79 Å². The molecule has 0 amide bonds. The fraction of sp³-hybridized carbons (Fsp3) is 0.417. The summed E-state index contributed by atoms with van der Waals surface area (Å²) in [5.74, 6) is 0.842. The molecule has 5 heteroatoms. The maximum absolute atomic E-state index is 11.4. The van der Waals surface area contributed by atoms with Gasteiger partial charge >= 0.3 is 5.97 Å². The molecule has 2 unspecified atom stereocenters. The van der Waals surface area contributed by atoms with Crippen LogP contribution in [0, 0.1) is 0 Å². The molecule has 0 bridgehead atoms. The topological polar surface area (TPSA) is 70.8 Å². The van der Waals surface area contributed by atoms with Gasteiger partial charge < -0.3 is 19.9 Å². The van der Waals surface area contributed by atoms with Crippen molar-refractivity contribution in [2.45, 2.75) is 18.6 Å². The van der Waals surface area contributed by atoms with E-state index in [1.165, 1.54) is 7.11 Å². The zero-order valence-corrected chi connectivity index (χ0v) is 9.80. The van der Waals surface area contributed by atoms with Crippen LogP contribution in [0.25, 0.3) is 0 Å². The highest BCUT2D eigenvalue weighted by Gasteiger charge is 2.31. The van der Waals surface area contributed by atoms with Gasteiger partial charge in [0.25, 0.3) is 0 Å². The number of carbonyl (C=O) groups is 1. The lowest BCUT2D eigenvalue weighted by Gasteiger charge is -2.28. The van der Waals surface area contributed by atoms with Crippen LogP contribution >= 0.6 is 0 Å². The first-order valence-electron chi connectivity index (χ1n) is 5.33. The third-order valence-electron chi connectivity index (χ3n) is 2.82. The van der Waals surface area contributed by atoms with Gasteiger partial charge in [-0.1, -0.05) is 6.07 Å². The number of rotatable bonds is 2. The summed E-state index contributed by atoms with van der Waals surface area (Å²) in [6.07, 6.45) is -0.221. The molecule has 0 saturated heterocycles. The van der Waals surface area contributed by atoms with Crippen LogP contribution in [0.3, 0.4) is 0 Å². The molecule has 0 radical (unpaired) electrons. The van der Waals surface area contributed by atoms with E-state index in [1.807, 2.05) is 12.1 Å². The zero-order chi connectivity index (χ0) is 12.4. The molecule has 1 aromatic carbocycles. The molecule has 1 aromatic rings. The number of benzene rings is 1. The molecule has 1 aliphatic rings. The number of esters is 1. The van der Waals surface area contributed by atoms with Gasteiger partial charge in [0.05, 0.1) is 14.2 Å². The minimum atomic E-state index is -0.644. The van der Waals surface area contributed by atoms with Crippen LogP contribution in [0.2, 0.25) is 0 Å². The summed E-state index contributed by atoms with van der Waals surface area (Å²) < 4.78 is 15.3. The second-order valence-electron chi connectivity index (χ2n) is 3.88. The summed E-state index contributed by atoms with van der Waals surface area (Å²) in [6, 6.07) is 5.17. The predicted molar refractivity (Wildman–Crippen MR) is 61.0 cm³/mol. The lowest BCUT2D eigenvalue weighted by Crippen LogP contribution is -2.36. The number of methoxy groups -OCH3 is 2. The number of fused-ring (bicyclic) bond motifs is 1. The van der Waals surface area contributed by atoms with Crippen molar-refractivity contribution in [2.24, 2.45) is 5.73 Å². The monoisotopic (exact) mass is 237 g/mol. The largest absolute Gasteiger partial charge is 0.497 e. The SMILES string of the molecule is COC(=O)C1CC(N)c2ccc(OC)cc2O1. The predicted octanol–water partition coefficient (Wildman–Crippen LogP) is 1.02. The van der Waals surface area contributed by atoms with E-state index >= 15 is 0 Å². The maximum atomic E-state index is 11.4. The van der Waals surface area contributed by atoms with Crippen molar-refractivity contribution >= 4 is 5.97 Å². The van der Waals surface area contributed by atoms with Gasteiger partial charge in [-0.2, -0.15) is 0 Å². The molecule has 2 N–H and O–H groups in total. The van der Waals surface area contributed by atoms with Gasteiger partial charge in [-0.15, -0.1) is 0 Å². The first kappa shape index (κ1) is 11.7. The van der Waals surface area contributed by atoms with Gasteiger partial charge in [-0.05, 0) is 6.07 Å². The minimum absolute atomic E-state index is 0.228. The number of hydrogen-bond donors (Lipinski definition) is 1. The number of hydrogen-bond acceptors (Lipinski definition) is 5. The summed E-state index contributed by atoms with van der Waals surface area (Å²) in [5, 5.41) is 0. The van der Waals surface area contributed by atoms with Crippen LogP contribution in [0.1, 0.15) is 18.0 Å². The van der Waals surface area contributed by atoms with Gasteiger partial charge in [0, 0.05) is 24.1 Å². The van der Waals surface area contributed by atoms with Crippen molar-refractivity contribution in [3.05, 3.63) is 23.8 Å². The van der Waals surface area contributed by atoms with E-state index in [4.69, 9.17) is 15.2 Å². The Morgan fingerprint density at radius 2 is 2.24 bits per heavy atom. The third kappa shape index (κ3) is 2.19. The number of nitrogens with two attached hydrogens (primary N) is 1. The highest BCUT2D eigenvalue weighted by molar-refractivity contribution is 5.75. The molecule has 1 heterocycles. The van der Waals surface area contributed by atoms with Crippen molar-refractivity contribution in [3.63, 3.8) is 0 Å². The first-order valence-corrected chi connectivity index (χ1v) is 5.33. The zero-order valence-electron chi connectivity index (χ0n) is 9.80. The molecule has 5 nitrogen and oxygen atoms in total. The van der Waals surface area contributed by atoms with Crippen LogP contribution in [0.15, 0.2) is 18.2 Å². The standard InChI is InChI=1S/C12H15NO4/c1-15-7-3-4-8-9(13)6-11(12(14)16-2)17-10(8)5-7/h3-5,9,11H,6,13H2,1-2H3. The molecular weight excluding hydrogens is 222 g/mol. The van der Waals surface area contributed by atoms with E-state index in [2.05, 4.69) is 4.74 Å². The van der Waals surface area contributed by atoms with Crippen LogP contribution in [-0.4, -0.2) is 26.3 Å². The minimum Gasteiger partial charge on any atom is -0.497 e. The highest BCUT2D eigenvalue weighted by Crippen LogP contribution is 2.36. The highest BCUT2D eigenvalue weighted by atomic mass is 16.6. The van der Waals surface area contributed by atoms with Crippen LogP contribution in [0.4, 0.5) is 0 Å². The summed E-state index contributed by atoms with van der Waals surface area (Å²) >= 11 is 0. The van der Waals surface area contributed by atoms with E-state index in [-0.39, 0.29) is 6.04 Å². The summed E-state index contributed by atoms with van der Waals surface area (Å²) in [6.45, 7) is 0. The lowest BCUT2D eigenvalue weighted by atomic mass is 9.97. The van der Waals surface area contributed by atoms with Crippen molar-refractivity contribution in [2.75, 3.05) is 14.2 Å². The molecule has 2 atom stereocenters. The maximum Gasteiger partial charge on any atom is 0.347 e. The number of carbonyl (C=O) groups excluding carboxylic acids is 1. The Balaban J connectivity index is 2.30. The first-order chi connectivity index (χ1) is 8.15. The van der Waals surface area contributed by atoms with Crippen molar-refractivity contribution < 1.29 is 19.0 Å². The Morgan fingerprint density at radius 3 is 2.88 bits per heavy atom. The van der Waals surface area contributed by atoms with Gasteiger partial charge in [-0.3, -0.25) is 0 Å². The number of ether oxygens (including phenoxy) is 3. The molecule has 0 saturated carbocycles. The molecule has 0 aliphatic carbocycles. The fourth-order valence-corrected chi connectivity index (χ4v) is 1.88. The smallest absolute Gasteiger partial charge is 0.347 e. The quantitative estimate of drug-likeness (QED) is 0.777. The molecule has 1 aliphatic heterocycles. The second-order valence-corrected chi connectivity index (χ2v) is 3.88. The van der Waals surface area contributed by atoms with E-state index in [0.717, 1.165) is 5.56 Å². The van der Waals surface area contributed by atoms with Gasteiger partial charge in [0.1, 0.15) is 11.5 Å². The van der Waals surface area contributed by atoms with Crippen LogP contribution < -0.4 is 15.2 Å². The molecule has 0 spiro atoms. The molecule has 0 aromatic heterocycles. The normalized spacial score (nSPS) is 22.3. The van der Waals surface area contributed by atoms with Gasteiger partial charge in [0.2, 0.25) is 0 Å². The average molecular weight is 237 g/mol. The van der Waals surface area contributed by atoms with Crippen molar-refractivity contribution in [1.82, 2.24) is 0 Å². The van der Waals surface area contributed by atoms with E-state index in [1.54, 1.807) is 13.2 Å². The Bertz CT molecular complexity index is 433. The molecule has 17 heavy (non-hydrogen) atoms. The Kier molecular flexibility index (Phi) is 3.19. The second kappa shape index (κ2) is 4.63. The van der Waals surface area contributed by atoms with Crippen LogP contribution in [-0.2, 0) is 9.53 Å². The summed E-state index contributed by atoms with van der Waals surface area (Å²) in [4.78, 5) is 11.4. The Labute approximate surface area is 99.5 Å². The van der Waals surface area contributed by atoms with Crippen LogP contribution in [0.5, 0.6) is 11.5 Å². The van der Waals surface area contributed by atoms with Crippen molar-refractivity contribution in [3.8, 4) is 11.5 Å². The van der Waals surface area contributed by atoms with E-state index in [9.17, 15) is 4.79 Å². The molecule has 0 fully saturated rings. The van der Waals surface area contributed by atoms with Gasteiger partial charge in [0.15, 0.2) is 6.10 Å². The summed E-state index contributed by atoms with van der Waals surface area (Å²) in [7, 11) is 2.90. The average Bonchev–Trinajstić information content (AvgIpc) is 2.36. The molecular formula is C12H15NO4. The summed E-state index contributed by atoms with van der Waals surface area (Å²) in [5.41, 5.74) is 6.87. The fourth-order valence-electron chi connectivity index (χ4n) is 1.88. The lowest BCUT2D eigenvalue weighted by molar-refractivity contribution is -0.149.